The molecule has 5 amide bonds. The molecule has 1 aromatic heterocycles. The Balaban J connectivity index is 1.08. The predicted octanol–water partition coefficient (Wildman–Crippen LogP) is 6.80. The summed E-state index contributed by atoms with van der Waals surface area (Å²) in [6.45, 7) is 8.47. The predicted molar refractivity (Wildman–Crippen MR) is 236 cm³/mol. The topological polar surface area (TPSA) is 186 Å². The van der Waals surface area contributed by atoms with E-state index in [1.807, 2.05) is 60.8 Å². The summed E-state index contributed by atoms with van der Waals surface area (Å²) in [6, 6.07) is 25.9. The molecule has 0 saturated carbocycles. The number of hydrazone groups is 1. The van der Waals surface area contributed by atoms with Crippen molar-refractivity contribution in [2.75, 3.05) is 32.8 Å². The summed E-state index contributed by atoms with van der Waals surface area (Å²) in [7, 11) is 0. The number of rotatable bonds is 21. The van der Waals surface area contributed by atoms with Crippen LogP contribution in [0.15, 0.2) is 95.4 Å². The molecule has 324 valence electrons. The van der Waals surface area contributed by atoms with Gasteiger partial charge in [0.1, 0.15) is 18.0 Å². The van der Waals surface area contributed by atoms with E-state index in [1.165, 1.54) is 17.6 Å². The Bertz CT molecular complexity index is 2060. The van der Waals surface area contributed by atoms with Crippen molar-refractivity contribution in [3.05, 3.63) is 112 Å². The van der Waals surface area contributed by atoms with Crippen molar-refractivity contribution >= 4 is 47.5 Å². The Hall–Kier alpha value is -6.22. The number of hydrogen-bond acceptors (Lipinski definition) is 10. The molecule has 1 aliphatic carbocycles. The molecule has 1 heterocycles. The van der Waals surface area contributed by atoms with E-state index in [-0.39, 0.29) is 37.4 Å². The highest BCUT2D eigenvalue weighted by molar-refractivity contribution is 7.10. The van der Waals surface area contributed by atoms with E-state index in [2.05, 4.69) is 56.1 Å². The van der Waals surface area contributed by atoms with Gasteiger partial charge in [0.05, 0.1) is 18.4 Å². The van der Waals surface area contributed by atoms with Gasteiger partial charge in [0.2, 0.25) is 5.91 Å². The first-order valence-corrected chi connectivity index (χ1v) is 21.5. The lowest BCUT2D eigenvalue weighted by Gasteiger charge is -2.23. The van der Waals surface area contributed by atoms with Crippen LogP contribution in [0, 0.1) is 0 Å². The van der Waals surface area contributed by atoms with Crippen molar-refractivity contribution in [3.8, 4) is 16.9 Å². The zero-order valence-electron chi connectivity index (χ0n) is 35.2. The fraction of sp³-hybridized carbons (Fsp3) is 0.391. The van der Waals surface area contributed by atoms with Crippen LogP contribution < -0.4 is 31.4 Å². The van der Waals surface area contributed by atoms with Crippen molar-refractivity contribution in [3.63, 3.8) is 0 Å². The zero-order chi connectivity index (χ0) is 43.6. The van der Waals surface area contributed by atoms with Crippen molar-refractivity contribution in [2.45, 2.75) is 83.3 Å². The Morgan fingerprint density at radius 1 is 0.836 bits per heavy atom. The fourth-order valence-electron chi connectivity index (χ4n) is 6.89. The molecule has 0 saturated heterocycles. The lowest BCUT2D eigenvalue weighted by molar-refractivity contribution is -0.155. The molecule has 5 rings (SSSR count). The molecule has 0 spiro atoms. The number of esters is 1. The highest BCUT2D eigenvalue weighted by atomic mass is 32.1. The number of fused-ring (bicyclic) bond motifs is 3. The average molecular weight is 853 g/mol. The summed E-state index contributed by atoms with van der Waals surface area (Å²) in [5.74, 6) is -1.04. The molecular weight excluding hydrogens is 797 g/mol. The SMILES string of the molecule is CCNC(=O)COc1ccc(CCNC(=O)NN=C[C@H](CC(=O)OC(C)(C)C)NC(=O)C(CCCCNC(=O)OCC2c3ccccc3-c3ccccc32)c2cccs2)cc1. The minimum absolute atomic E-state index is 0.0315. The van der Waals surface area contributed by atoms with Gasteiger partial charge in [0.25, 0.3) is 5.91 Å². The second-order valence-electron chi connectivity index (χ2n) is 15.5. The number of urea groups is 1. The van der Waals surface area contributed by atoms with E-state index < -0.39 is 35.7 Å². The van der Waals surface area contributed by atoms with Crippen LogP contribution in [0.25, 0.3) is 11.1 Å². The maximum absolute atomic E-state index is 13.8. The van der Waals surface area contributed by atoms with E-state index in [0.29, 0.717) is 51.1 Å². The van der Waals surface area contributed by atoms with Gasteiger partial charge in [-0.1, -0.05) is 73.2 Å². The molecule has 1 aliphatic rings. The van der Waals surface area contributed by atoms with Gasteiger partial charge in [-0.15, -0.1) is 11.3 Å². The first kappa shape index (κ1) is 45.9. The molecule has 5 N–H and O–H groups in total. The molecule has 61 heavy (non-hydrogen) atoms. The molecule has 0 aliphatic heterocycles. The van der Waals surface area contributed by atoms with Gasteiger partial charge in [0.15, 0.2) is 6.61 Å². The maximum Gasteiger partial charge on any atom is 0.407 e. The van der Waals surface area contributed by atoms with Gasteiger partial charge < -0.3 is 35.5 Å². The van der Waals surface area contributed by atoms with Gasteiger partial charge in [0, 0.05) is 36.6 Å². The number of unbranched alkanes of at least 4 members (excludes halogenated alkanes) is 1. The second-order valence-corrected chi connectivity index (χ2v) is 16.5. The number of hydrogen-bond donors (Lipinski definition) is 5. The van der Waals surface area contributed by atoms with Gasteiger partial charge in [-0.25, -0.2) is 15.0 Å². The van der Waals surface area contributed by atoms with Crippen LogP contribution in [0.2, 0.25) is 0 Å². The van der Waals surface area contributed by atoms with E-state index in [1.54, 1.807) is 32.9 Å². The monoisotopic (exact) mass is 852 g/mol. The molecule has 3 aromatic carbocycles. The molecule has 2 atom stereocenters. The largest absolute Gasteiger partial charge is 0.484 e. The summed E-state index contributed by atoms with van der Waals surface area (Å²) in [5, 5.41) is 17.1. The number of nitrogens with zero attached hydrogens (tertiary/aromatic N) is 1. The van der Waals surface area contributed by atoms with E-state index in [4.69, 9.17) is 14.2 Å². The third-order valence-corrected chi connectivity index (χ3v) is 10.6. The van der Waals surface area contributed by atoms with Crippen LogP contribution in [0.1, 0.15) is 86.8 Å². The molecular formula is C46H56N6O8S. The molecule has 0 fully saturated rings. The van der Waals surface area contributed by atoms with Crippen molar-refractivity contribution in [1.29, 1.82) is 0 Å². The summed E-state index contributed by atoms with van der Waals surface area (Å²) < 4.78 is 16.7. The second kappa shape index (κ2) is 23.0. The van der Waals surface area contributed by atoms with Crippen LogP contribution in [-0.2, 0) is 30.3 Å². The quantitative estimate of drug-likeness (QED) is 0.0262. The Morgan fingerprint density at radius 2 is 1.54 bits per heavy atom. The minimum atomic E-state index is -0.880. The van der Waals surface area contributed by atoms with E-state index in [9.17, 15) is 24.0 Å². The Morgan fingerprint density at radius 3 is 2.20 bits per heavy atom. The van der Waals surface area contributed by atoms with Crippen molar-refractivity contribution in [2.24, 2.45) is 5.10 Å². The average Bonchev–Trinajstić information content (AvgIpc) is 3.87. The molecule has 14 nitrogen and oxygen atoms in total. The molecule has 1 unspecified atom stereocenters. The van der Waals surface area contributed by atoms with E-state index >= 15 is 0 Å². The van der Waals surface area contributed by atoms with Gasteiger partial charge in [-0.2, -0.15) is 5.10 Å². The summed E-state index contributed by atoms with van der Waals surface area (Å²) in [4.78, 5) is 64.5. The molecule has 4 aromatic rings. The Labute approximate surface area is 361 Å². The lowest BCUT2D eigenvalue weighted by atomic mass is 9.98. The number of ether oxygens (including phenoxy) is 3. The van der Waals surface area contributed by atoms with Crippen LogP contribution in [0.3, 0.4) is 0 Å². The number of nitrogens with one attached hydrogen (secondary N) is 5. The first-order valence-electron chi connectivity index (χ1n) is 20.6. The van der Waals surface area contributed by atoms with Crippen LogP contribution in [0.4, 0.5) is 9.59 Å². The molecule has 15 heteroatoms. The normalized spacial score (nSPS) is 13.0. The van der Waals surface area contributed by atoms with E-state index in [0.717, 1.165) is 32.7 Å². The number of carbonyl (C=O) groups excluding carboxylic acids is 5. The smallest absolute Gasteiger partial charge is 0.407 e. The maximum atomic E-state index is 13.8. The number of amides is 5. The fourth-order valence-corrected chi connectivity index (χ4v) is 7.75. The standard InChI is InChI=1S/C46H56N6O8S/c1-5-47-41(53)30-58-33-21-19-31(20-22-33)23-25-48-44(56)52-50-28-32(27-42(54)60-46(2,3)4)51-43(55)38(40-18-12-26-61-40)17-10-11-24-49-45(57)59-29-39-36-15-8-6-13-34(36)35-14-7-9-16-37(35)39/h6-9,12-16,18-22,26,28,32,38-39H,5,10-11,17,23-25,27,29-30H2,1-4H3,(H,47,53)(H,49,57)(H,51,55)(H2,48,52,56)/t32-,38?/m0/s1. The minimum Gasteiger partial charge on any atom is -0.484 e. The molecule has 0 radical (unpaired) electrons. The third-order valence-electron chi connectivity index (χ3n) is 9.66. The molecule has 0 bridgehead atoms. The third kappa shape index (κ3) is 14.8. The summed E-state index contributed by atoms with van der Waals surface area (Å²) >= 11 is 1.46. The number of thiophene rings is 1. The van der Waals surface area contributed by atoms with Gasteiger partial charge in [-0.05, 0) is 98.4 Å². The number of carbonyl (C=O) groups is 5. The van der Waals surface area contributed by atoms with Crippen LogP contribution in [-0.4, -0.2) is 80.6 Å². The van der Waals surface area contributed by atoms with Crippen LogP contribution in [0.5, 0.6) is 5.75 Å². The highest BCUT2D eigenvalue weighted by Gasteiger charge is 2.29. The first-order chi connectivity index (χ1) is 29.4. The van der Waals surface area contributed by atoms with Gasteiger partial charge in [-0.3, -0.25) is 14.4 Å². The number of likely N-dealkylation sites (N-methyl/N-ethyl adjacent to an activating group) is 1. The highest BCUT2D eigenvalue weighted by Crippen LogP contribution is 2.44. The number of alkyl carbamates (subject to hydrolysis) is 1. The summed E-state index contributed by atoms with van der Waals surface area (Å²) in [5.41, 5.74) is 7.22. The Kier molecular flexibility index (Phi) is 17.3. The lowest BCUT2D eigenvalue weighted by Crippen LogP contribution is -2.42. The van der Waals surface area contributed by atoms with Crippen molar-refractivity contribution in [1.82, 2.24) is 26.7 Å². The van der Waals surface area contributed by atoms with Gasteiger partial charge >= 0.3 is 18.1 Å². The van der Waals surface area contributed by atoms with Crippen LogP contribution >= 0.6 is 11.3 Å². The summed E-state index contributed by atoms with van der Waals surface area (Å²) in [6.07, 6.45) is 2.86. The zero-order valence-corrected chi connectivity index (χ0v) is 36.0. The van der Waals surface area contributed by atoms with Crippen molar-refractivity contribution < 1.29 is 38.2 Å². The number of benzene rings is 3.